The third-order valence-corrected chi connectivity index (χ3v) is 4.67. The van der Waals surface area contributed by atoms with Crippen LogP contribution in [0.2, 0.25) is 0 Å². The maximum Gasteiger partial charge on any atom is 0.287 e. The highest BCUT2D eigenvalue weighted by Gasteiger charge is 2.17. The number of aliphatic hydroxyl groups excluding tert-OH is 1. The van der Waals surface area contributed by atoms with Crippen LogP contribution in [0.15, 0.2) is 41.2 Å². The number of nitrogens with zero attached hydrogens (tertiary/aromatic N) is 1. The Balaban J connectivity index is 1.51. The maximum absolute atomic E-state index is 12.6. The summed E-state index contributed by atoms with van der Waals surface area (Å²) in [5.74, 6) is -0.330. The van der Waals surface area contributed by atoms with Crippen LogP contribution in [0.25, 0.3) is 10.9 Å². The van der Waals surface area contributed by atoms with Gasteiger partial charge in [0.25, 0.3) is 17.4 Å². The van der Waals surface area contributed by atoms with E-state index in [1.165, 1.54) is 0 Å². The number of aliphatic hydroxyl groups is 1. The van der Waals surface area contributed by atoms with E-state index in [0.29, 0.717) is 28.0 Å². The smallest absolute Gasteiger partial charge is 0.287 e. The number of aromatic nitrogens is 2. The molecule has 0 saturated heterocycles. The van der Waals surface area contributed by atoms with E-state index in [1.807, 2.05) is 0 Å². The molecule has 1 atom stereocenters. The highest BCUT2D eigenvalue weighted by molar-refractivity contribution is 5.96. The summed E-state index contributed by atoms with van der Waals surface area (Å²) in [6.45, 7) is 2.04. The first kappa shape index (κ1) is 20.4. The van der Waals surface area contributed by atoms with Gasteiger partial charge < -0.3 is 30.8 Å². The number of rotatable bonds is 6. The monoisotopic (exact) mass is 423 g/mol. The fourth-order valence-electron chi connectivity index (χ4n) is 3.21. The molecule has 2 amide bonds. The van der Waals surface area contributed by atoms with Gasteiger partial charge in [0.15, 0.2) is 12.4 Å². The Hall–Kier alpha value is -3.92. The van der Waals surface area contributed by atoms with Crippen LogP contribution in [0.5, 0.6) is 5.75 Å². The number of hydrogen-bond acceptors (Lipinski definition) is 7. The molecule has 31 heavy (non-hydrogen) atoms. The summed E-state index contributed by atoms with van der Waals surface area (Å²) in [5, 5.41) is 18.2. The molecule has 0 saturated carbocycles. The molecule has 1 aliphatic rings. The van der Waals surface area contributed by atoms with E-state index in [4.69, 9.17) is 4.74 Å². The maximum atomic E-state index is 12.6. The lowest BCUT2D eigenvalue weighted by Crippen LogP contribution is -2.28. The van der Waals surface area contributed by atoms with E-state index >= 15 is 0 Å². The third kappa shape index (κ3) is 4.48. The number of hydrogen-bond donors (Lipinski definition) is 5. The summed E-state index contributed by atoms with van der Waals surface area (Å²) < 4.78 is 5.31. The molecule has 0 unspecified atom stereocenters. The van der Waals surface area contributed by atoms with Crippen molar-refractivity contribution in [1.29, 1.82) is 0 Å². The standard InChI is InChI=1S/C21H21N5O5/c1-11(27)8-22-13-3-2-4-14-18(13)20(29)26-19(25-14)21(30)23-9-12-5-6-16-15(7-12)24-17(28)10-31-16/h2-7,11,22,27H,8-10H2,1H3,(H,23,30)(H,24,28)(H,25,26,29)/t11-/m0/s1. The van der Waals surface area contributed by atoms with Gasteiger partial charge in [-0.15, -0.1) is 0 Å². The van der Waals surface area contributed by atoms with Crippen LogP contribution in [-0.2, 0) is 11.3 Å². The van der Waals surface area contributed by atoms with E-state index in [9.17, 15) is 19.5 Å². The topological polar surface area (TPSA) is 145 Å². The van der Waals surface area contributed by atoms with Gasteiger partial charge in [0.05, 0.1) is 22.7 Å². The van der Waals surface area contributed by atoms with Crippen LogP contribution in [0, 0.1) is 0 Å². The molecule has 5 N–H and O–H groups in total. The number of fused-ring (bicyclic) bond motifs is 2. The first-order valence-electron chi connectivity index (χ1n) is 9.69. The predicted molar refractivity (Wildman–Crippen MR) is 114 cm³/mol. The van der Waals surface area contributed by atoms with Crippen molar-refractivity contribution in [3.63, 3.8) is 0 Å². The van der Waals surface area contributed by atoms with Gasteiger partial charge in [-0.1, -0.05) is 12.1 Å². The molecular weight excluding hydrogens is 402 g/mol. The average molecular weight is 423 g/mol. The average Bonchev–Trinajstić information content (AvgIpc) is 2.75. The Morgan fingerprint density at radius 2 is 2.13 bits per heavy atom. The minimum absolute atomic E-state index is 0.0274. The van der Waals surface area contributed by atoms with Gasteiger partial charge in [-0.2, -0.15) is 0 Å². The Morgan fingerprint density at radius 1 is 1.29 bits per heavy atom. The molecule has 160 valence electrons. The minimum Gasteiger partial charge on any atom is -0.482 e. The Kier molecular flexibility index (Phi) is 5.54. The van der Waals surface area contributed by atoms with Crippen LogP contribution >= 0.6 is 0 Å². The summed E-state index contributed by atoms with van der Waals surface area (Å²) in [5.41, 5.74) is 1.70. The van der Waals surface area contributed by atoms with Crippen molar-refractivity contribution in [1.82, 2.24) is 15.3 Å². The first-order valence-corrected chi connectivity index (χ1v) is 9.69. The summed E-state index contributed by atoms with van der Waals surface area (Å²) in [6.07, 6.45) is -0.587. The molecule has 10 heteroatoms. The zero-order valence-electron chi connectivity index (χ0n) is 16.7. The second kappa shape index (κ2) is 8.44. The zero-order valence-corrected chi connectivity index (χ0v) is 16.7. The van der Waals surface area contributed by atoms with Gasteiger partial charge in [-0.3, -0.25) is 14.4 Å². The second-order valence-corrected chi connectivity index (χ2v) is 7.19. The molecule has 0 spiro atoms. The highest BCUT2D eigenvalue weighted by atomic mass is 16.5. The Morgan fingerprint density at radius 3 is 2.94 bits per heavy atom. The van der Waals surface area contributed by atoms with Crippen molar-refractivity contribution in [2.75, 3.05) is 23.8 Å². The number of amides is 2. The van der Waals surface area contributed by atoms with Crippen LogP contribution in [0.1, 0.15) is 23.1 Å². The van der Waals surface area contributed by atoms with E-state index in [-0.39, 0.29) is 31.4 Å². The Bertz CT molecular complexity index is 1220. The van der Waals surface area contributed by atoms with E-state index < -0.39 is 17.6 Å². The van der Waals surface area contributed by atoms with Gasteiger partial charge in [0.2, 0.25) is 0 Å². The highest BCUT2D eigenvalue weighted by Crippen LogP contribution is 2.28. The molecule has 0 bridgehead atoms. The molecule has 10 nitrogen and oxygen atoms in total. The van der Waals surface area contributed by atoms with Gasteiger partial charge in [0.1, 0.15) is 5.75 Å². The molecule has 1 aliphatic heterocycles. The predicted octanol–water partition coefficient (Wildman–Crippen LogP) is 0.977. The molecule has 2 aromatic carbocycles. The summed E-state index contributed by atoms with van der Waals surface area (Å²) in [4.78, 5) is 43.4. The molecule has 0 aliphatic carbocycles. The molecule has 0 fully saturated rings. The third-order valence-electron chi connectivity index (χ3n) is 4.67. The fourth-order valence-corrected chi connectivity index (χ4v) is 3.21. The first-order chi connectivity index (χ1) is 14.9. The number of anilines is 2. The van der Waals surface area contributed by atoms with Gasteiger partial charge in [-0.05, 0) is 36.8 Å². The van der Waals surface area contributed by atoms with Crippen molar-refractivity contribution in [3.05, 3.63) is 58.1 Å². The van der Waals surface area contributed by atoms with Crippen LogP contribution < -0.4 is 26.2 Å². The minimum atomic E-state index is -0.587. The number of ether oxygens (including phenoxy) is 1. The number of H-pyrrole nitrogens is 1. The largest absolute Gasteiger partial charge is 0.482 e. The SMILES string of the molecule is C[C@H](O)CNc1cccc2nc(C(=O)NCc3ccc4c(c3)NC(=O)CO4)[nH]c(=O)c12. The fraction of sp³-hybridized carbons (Fsp3) is 0.238. The molecule has 3 aromatic rings. The summed E-state index contributed by atoms with van der Waals surface area (Å²) in [6, 6.07) is 10.3. The van der Waals surface area contributed by atoms with E-state index in [0.717, 1.165) is 5.56 Å². The lowest BCUT2D eigenvalue weighted by molar-refractivity contribution is -0.118. The number of aromatic amines is 1. The van der Waals surface area contributed by atoms with E-state index in [1.54, 1.807) is 43.3 Å². The second-order valence-electron chi connectivity index (χ2n) is 7.19. The molecule has 1 aromatic heterocycles. The van der Waals surface area contributed by atoms with Crippen molar-refractivity contribution >= 4 is 34.1 Å². The van der Waals surface area contributed by atoms with Crippen LogP contribution in [-0.4, -0.2) is 46.1 Å². The van der Waals surface area contributed by atoms with Crippen molar-refractivity contribution in [3.8, 4) is 5.75 Å². The number of carbonyl (C=O) groups is 2. The van der Waals surface area contributed by atoms with Crippen LogP contribution in [0.4, 0.5) is 11.4 Å². The van der Waals surface area contributed by atoms with Gasteiger partial charge in [0, 0.05) is 18.8 Å². The van der Waals surface area contributed by atoms with Crippen molar-refractivity contribution in [2.24, 2.45) is 0 Å². The summed E-state index contributed by atoms with van der Waals surface area (Å²) in [7, 11) is 0. The van der Waals surface area contributed by atoms with E-state index in [2.05, 4.69) is 25.9 Å². The molecule has 0 radical (unpaired) electrons. The molecule has 2 heterocycles. The van der Waals surface area contributed by atoms with Crippen molar-refractivity contribution < 1.29 is 19.4 Å². The van der Waals surface area contributed by atoms with Crippen molar-refractivity contribution in [2.45, 2.75) is 19.6 Å². The van der Waals surface area contributed by atoms with Gasteiger partial charge >= 0.3 is 0 Å². The Labute approximate surface area is 176 Å². The lowest BCUT2D eigenvalue weighted by atomic mass is 10.1. The van der Waals surface area contributed by atoms with Crippen LogP contribution in [0.3, 0.4) is 0 Å². The molecular formula is C21H21N5O5. The molecule has 4 rings (SSSR count). The zero-order chi connectivity index (χ0) is 22.0. The quantitative estimate of drug-likeness (QED) is 0.397. The number of carbonyl (C=O) groups excluding carboxylic acids is 2. The summed E-state index contributed by atoms with van der Waals surface area (Å²) >= 11 is 0. The number of benzene rings is 2. The van der Waals surface area contributed by atoms with Gasteiger partial charge in [-0.25, -0.2) is 4.98 Å². The lowest BCUT2D eigenvalue weighted by Gasteiger charge is -2.18. The number of nitrogens with one attached hydrogen (secondary N) is 4. The normalized spacial score (nSPS) is 13.7.